The molecule has 32 heavy (non-hydrogen) atoms. The van der Waals surface area contributed by atoms with Gasteiger partial charge in [-0.2, -0.15) is 5.10 Å². The van der Waals surface area contributed by atoms with Gasteiger partial charge in [0, 0.05) is 28.1 Å². The van der Waals surface area contributed by atoms with Crippen LogP contribution in [0, 0.1) is 5.82 Å². The number of aromatic amines is 1. The number of pyridine rings is 2. The molecule has 0 saturated heterocycles. The summed E-state index contributed by atoms with van der Waals surface area (Å²) in [7, 11) is 0. The summed E-state index contributed by atoms with van der Waals surface area (Å²) < 4.78 is 13.5. The molecular formula is C27H17FN4. The highest BCUT2D eigenvalue weighted by atomic mass is 19.1. The van der Waals surface area contributed by atoms with Gasteiger partial charge in [0.05, 0.1) is 28.6 Å². The largest absolute Gasteiger partial charge is 0.277 e. The first-order valence-electron chi connectivity index (χ1n) is 10.3. The molecule has 3 aromatic carbocycles. The molecule has 152 valence electrons. The second-order valence-corrected chi connectivity index (χ2v) is 7.62. The van der Waals surface area contributed by atoms with Gasteiger partial charge in [-0.05, 0) is 59.7 Å². The number of hydrogen-bond acceptors (Lipinski definition) is 3. The van der Waals surface area contributed by atoms with E-state index in [1.165, 1.54) is 12.1 Å². The third-order valence-corrected chi connectivity index (χ3v) is 5.69. The van der Waals surface area contributed by atoms with Gasteiger partial charge in [-0.25, -0.2) is 9.37 Å². The topological polar surface area (TPSA) is 54.5 Å². The van der Waals surface area contributed by atoms with E-state index in [9.17, 15) is 4.39 Å². The minimum absolute atomic E-state index is 0.273. The maximum absolute atomic E-state index is 13.5. The van der Waals surface area contributed by atoms with E-state index in [0.29, 0.717) is 0 Å². The van der Waals surface area contributed by atoms with Gasteiger partial charge in [0.1, 0.15) is 5.82 Å². The van der Waals surface area contributed by atoms with Crippen LogP contribution in [-0.2, 0) is 0 Å². The summed E-state index contributed by atoms with van der Waals surface area (Å²) in [5.41, 5.74) is 7.31. The van der Waals surface area contributed by atoms with Crippen molar-refractivity contribution in [1.82, 2.24) is 20.2 Å². The Morgan fingerprint density at radius 1 is 0.719 bits per heavy atom. The van der Waals surface area contributed by atoms with Gasteiger partial charge in [0.2, 0.25) is 0 Å². The van der Waals surface area contributed by atoms with E-state index in [1.54, 1.807) is 24.5 Å². The molecule has 3 heterocycles. The number of halogens is 1. The Morgan fingerprint density at radius 2 is 1.53 bits per heavy atom. The maximum Gasteiger partial charge on any atom is 0.123 e. The van der Waals surface area contributed by atoms with Gasteiger partial charge >= 0.3 is 0 Å². The molecule has 0 amide bonds. The number of aromatic nitrogens is 4. The van der Waals surface area contributed by atoms with Gasteiger partial charge in [-0.15, -0.1) is 0 Å². The SMILES string of the molecule is Fc1ccc(-c2[nH]ncc2-c2cc(-c3ccccc3)c3c(ccc4ncccc43)n2)cc1. The highest BCUT2D eigenvalue weighted by molar-refractivity contribution is 6.13. The molecule has 0 unspecified atom stereocenters. The van der Waals surface area contributed by atoms with Crippen molar-refractivity contribution in [3.05, 3.63) is 103 Å². The summed E-state index contributed by atoms with van der Waals surface area (Å²) in [4.78, 5) is 9.52. The van der Waals surface area contributed by atoms with Crippen LogP contribution in [0.2, 0.25) is 0 Å². The molecule has 6 aromatic rings. The van der Waals surface area contributed by atoms with Crippen LogP contribution in [0.1, 0.15) is 0 Å². The fourth-order valence-corrected chi connectivity index (χ4v) is 4.19. The van der Waals surface area contributed by atoms with Gasteiger partial charge in [-0.1, -0.05) is 36.4 Å². The van der Waals surface area contributed by atoms with Crippen LogP contribution in [0.3, 0.4) is 0 Å². The smallest absolute Gasteiger partial charge is 0.123 e. The van der Waals surface area contributed by atoms with Crippen LogP contribution in [0.4, 0.5) is 4.39 Å². The molecule has 3 aromatic heterocycles. The summed E-state index contributed by atoms with van der Waals surface area (Å²) in [5, 5.41) is 9.45. The molecule has 5 heteroatoms. The molecule has 0 radical (unpaired) electrons. The normalized spacial score (nSPS) is 11.3. The number of nitrogens with zero attached hydrogens (tertiary/aromatic N) is 3. The highest BCUT2D eigenvalue weighted by Gasteiger charge is 2.16. The lowest BCUT2D eigenvalue weighted by atomic mass is 9.95. The number of H-pyrrole nitrogens is 1. The summed E-state index contributed by atoms with van der Waals surface area (Å²) in [5.74, 6) is -0.273. The number of nitrogens with one attached hydrogen (secondary N) is 1. The molecule has 0 atom stereocenters. The second kappa shape index (κ2) is 7.39. The van der Waals surface area contributed by atoms with E-state index >= 15 is 0 Å². The Bertz CT molecular complexity index is 1570. The molecule has 0 bridgehead atoms. The Hall–Kier alpha value is -4.38. The Balaban J connectivity index is 1.65. The minimum atomic E-state index is -0.273. The van der Waals surface area contributed by atoms with E-state index in [-0.39, 0.29) is 5.82 Å². The van der Waals surface area contributed by atoms with Gasteiger partial charge in [0.25, 0.3) is 0 Å². The first kappa shape index (κ1) is 18.4. The third kappa shape index (κ3) is 3.03. The predicted molar refractivity (Wildman–Crippen MR) is 125 cm³/mol. The number of fused-ring (bicyclic) bond motifs is 3. The van der Waals surface area contributed by atoms with Crippen molar-refractivity contribution in [3.8, 4) is 33.6 Å². The molecule has 6 rings (SSSR count). The number of rotatable bonds is 3. The van der Waals surface area contributed by atoms with Crippen molar-refractivity contribution < 1.29 is 4.39 Å². The quantitative estimate of drug-likeness (QED) is 0.329. The van der Waals surface area contributed by atoms with Gasteiger partial charge in [0.15, 0.2) is 0 Å². The summed E-state index contributed by atoms with van der Waals surface area (Å²) in [6, 6.07) is 26.8. The van der Waals surface area contributed by atoms with Crippen molar-refractivity contribution in [2.45, 2.75) is 0 Å². The lowest BCUT2D eigenvalue weighted by Crippen LogP contribution is -1.92. The Morgan fingerprint density at radius 3 is 2.38 bits per heavy atom. The first-order valence-corrected chi connectivity index (χ1v) is 10.3. The van der Waals surface area contributed by atoms with E-state index in [2.05, 4.69) is 39.4 Å². The van der Waals surface area contributed by atoms with Crippen molar-refractivity contribution >= 4 is 21.8 Å². The van der Waals surface area contributed by atoms with Crippen LogP contribution in [-0.4, -0.2) is 20.2 Å². The standard InChI is InChI=1S/C27H17FN4/c28-19-10-8-18(9-11-19)27-22(16-30-32-27)25-15-21(17-5-2-1-3-6-17)26-20-7-4-14-29-23(20)12-13-24(26)31-25/h1-16H,(H,30,32). The minimum Gasteiger partial charge on any atom is -0.277 e. The zero-order valence-electron chi connectivity index (χ0n) is 17.0. The molecular weight excluding hydrogens is 399 g/mol. The molecule has 0 aliphatic rings. The van der Waals surface area contributed by atoms with Crippen molar-refractivity contribution in [1.29, 1.82) is 0 Å². The van der Waals surface area contributed by atoms with Crippen LogP contribution < -0.4 is 0 Å². The van der Waals surface area contributed by atoms with E-state index in [4.69, 9.17) is 4.98 Å². The maximum atomic E-state index is 13.5. The summed E-state index contributed by atoms with van der Waals surface area (Å²) >= 11 is 0. The van der Waals surface area contributed by atoms with Crippen LogP contribution in [0.15, 0.2) is 97.3 Å². The molecule has 4 nitrogen and oxygen atoms in total. The molecule has 0 aliphatic heterocycles. The van der Waals surface area contributed by atoms with E-state index in [1.807, 2.05) is 36.4 Å². The Labute approximate surface area is 183 Å². The molecule has 0 spiro atoms. The second-order valence-electron chi connectivity index (χ2n) is 7.62. The zero-order valence-corrected chi connectivity index (χ0v) is 17.0. The fraction of sp³-hybridized carbons (Fsp3) is 0. The van der Waals surface area contributed by atoms with Crippen LogP contribution in [0.5, 0.6) is 0 Å². The lowest BCUT2D eigenvalue weighted by Gasteiger charge is -2.13. The molecule has 0 fully saturated rings. The van der Waals surface area contributed by atoms with Crippen LogP contribution >= 0.6 is 0 Å². The van der Waals surface area contributed by atoms with E-state index < -0.39 is 0 Å². The van der Waals surface area contributed by atoms with E-state index in [0.717, 1.165) is 55.4 Å². The predicted octanol–water partition coefficient (Wildman–Crippen LogP) is 6.65. The first-order chi connectivity index (χ1) is 15.8. The van der Waals surface area contributed by atoms with Crippen LogP contribution in [0.25, 0.3) is 55.4 Å². The highest BCUT2D eigenvalue weighted by Crippen LogP contribution is 2.38. The lowest BCUT2D eigenvalue weighted by molar-refractivity contribution is 0.628. The Kier molecular flexibility index (Phi) is 4.25. The monoisotopic (exact) mass is 416 g/mol. The summed E-state index contributed by atoms with van der Waals surface area (Å²) in [6.07, 6.45) is 3.57. The zero-order chi connectivity index (χ0) is 21.5. The fourth-order valence-electron chi connectivity index (χ4n) is 4.19. The average Bonchev–Trinajstić information content (AvgIpc) is 3.34. The number of hydrogen-bond donors (Lipinski definition) is 1. The van der Waals surface area contributed by atoms with Gasteiger partial charge < -0.3 is 0 Å². The van der Waals surface area contributed by atoms with Gasteiger partial charge in [-0.3, -0.25) is 10.1 Å². The molecule has 0 saturated carbocycles. The summed E-state index contributed by atoms with van der Waals surface area (Å²) in [6.45, 7) is 0. The average molecular weight is 416 g/mol. The third-order valence-electron chi connectivity index (χ3n) is 5.69. The molecule has 1 N–H and O–H groups in total. The van der Waals surface area contributed by atoms with Crippen molar-refractivity contribution in [2.75, 3.05) is 0 Å². The van der Waals surface area contributed by atoms with Crippen molar-refractivity contribution in [2.24, 2.45) is 0 Å². The molecule has 0 aliphatic carbocycles. The number of benzene rings is 3. The van der Waals surface area contributed by atoms with Crippen molar-refractivity contribution in [3.63, 3.8) is 0 Å².